The summed E-state index contributed by atoms with van der Waals surface area (Å²) in [5.41, 5.74) is 0.749. The molecule has 2 rings (SSSR count). The summed E-state index contributed by atoms with van der Waals surface area (Å²) in [6.45, 7) is 3.33. The van der Waals surface area contributed by atoms with Crippen LogP contribution in [0.2, 0.25) is 5.02 Å². The number of carbonyl (C=O) groups excluding carboxylic acids is 3. The molecule has 2 amide bonds. The molecule has 0 unspecified atom stereocenters. The molecule has 1 aliphatic heterocycles. The second-order valence-corrected chi connectivity index (χ2v) is 5.96. The van der Waals surface area contributed by atoms with Crippen molar-refractivity contribution in [3.8, 4) is 0 Å². The van der Waals surface area contributed by atoms with Gasteiger partial charge in [0.05, 0.1) is 11.5 Å². The second kappa shape index (κ2) is 6.98. The highest BCUT2D eigenvalue weighted by Gasteiger charge is 2.41. The van der Waals surface area contributed by atoms with E-state index in [0.29, 0.717) is 5.02 Å². The van der Waals surface area contributed by atoms with Gasteiger partial charge in [-0.3, -0.25) is 14.5 Å². The minimum atomic E-state index is -0.941. The van der Waals surface area contributed by atoms with Gasteiger partial charge in [-0.15, -0.1) is 0 Å². The molecule has 1 heterocycles. The Hall–Kier alpha value is -1.79. The number of thioether (sulfide) groups is 1. The van der Waals surface area contributed by atoms with Crippen molar-refractivity contribution in [2.45, 2.75) is 19.9 Å². The number of hydrogen-bond donors (Lipinski definition) is 0. The van der Waals surface area contributed by atoms with E-state index in [1.807, 2.05) is 0 Å². The molecule has 1 aromatic carbocycles. The van der Waals surface area contributed by atoms with Gasteiger partial charge < -0.3 is 4.74 Å². The lowest BCUT2D eigenvalue weighted by molar-refractivity contribution is -0.150. The monoisotopic (exact) mass is 339 g/mol. The maximum atomic E-state index is 12.3. The van der Waals surface area contributed by atoms with Gasteiger partial charge in [0.15, 0.2) is 0 Å². The molecule has 1 aliphatic rings. The number of hydrogen-bond acceptors (Lipinski definition) is 5. The molecular formula is C15H14ClNO4S. The van der Waals surface area contributed by atoms with Crippen LogP contribution in [0.5, 0.6) is 0 Å². The first-order valence-electron chi connectivity index (χ1n) is 6.63. The van der Waals surface area contributed by atoms with Gasteiger partial charge in [0.2, 0.25) is 0 Å². The van der Waals surface area contributed by atoms with E-state index in [2.05, 4.69) is 0 Å². The molecule has 5 nitrogen and oxygen atoms in total. The molecule has 1 fully saturated rings. The van der Waals surface area contributed by atoms with E-state index in [9.17, 15) is 14.4 Å². The van der Waals surface area contributed by atoms with E-state index in [4.69, 9.17) is 16.3 Å². The quantitative estimate of drug-likeness (QED) is 0.622. The van der Waals surface area contributed by atoms with E-state index in [1.54, 1.807) is 37.3 Å². The third-order valence-corrected chi connectivity index (χ3v) is 4.14. The van der Waals surface area contributed by atoms with Crippen LogP contribution in [0.3, 0.4) is 0 Å². The summed E-state index contributed by atoms with van der Waals surface area (Å²) < 4.78 is 4.85. The van der Waals surface area contributed by atoms with Gasteiger partial charge in [-0.05, 0) is 49.4 Å². The van der Waals surface area contributed by atoms with Crippen LogP contribution in [0.25, 0.3) is 6.08 Å². The Bertz CT molecular complexity index is 641. The summed E-state index contributed by atoms with van der Waals surface area (Å²) in [4.78, 5) is 37.2. The van der Waals surface area contributed by atoms with Gasteiger partial charge in [-0.1, -0.05) is 23.7 Å². The van der Waals surface area contributed by atoms with Gasteiger partial charge in [-0.25, -0.2) is 4.79 Å². The normalized spacial score (nSPS) is 18.0. The molecule has 1 atom stereocenters. The maximum Gasteiger partial charge on any atom is 0.329 e. The van der Waals surface area contributed by atoms with Crippen molar-refractivity contribution in [2.75, 3.05) is 6.61 Å². The Morgan fingerprint density at radius 3 is 2.59 bits per heavy atom. The minimum Gasteiger partial charge on any atom is -0.464 e. The molecule has 0 radical (unpaired) electrons. The lowest BCUT2D eigenvalue weighted by Crippen LogP contribution is -2.42. The van der Waals surface area contributed by atoms with E-state index in [1.165, 1.54) is 6.92 Å². The summed E-state index contributed by atoms with van der Waals surface area (Å²) >= 11 is 6.61. The molecule has 0 spiro atoms. The molecule has 0 N–H and O–H groups in total. The zero-order valence-electron chi connectivity index (χ0n) is 12.0. The fraction of sp³-hybridized carbons (Fsp3) is 0.267. The fourth-order valence-electron chi connectivity index (χ4n) is 1.89. The Labute approximate surface area is 137 Å². The summed E-state index contributed by atoms with van der Waals surface area (Å²) in [5.74, 6) is -1.09. The van der Waals surface area contributed by atoms with Crippen molar-refractivity contribution in [3.63, 3.8) is 0 Å². The van der Waals surface area contributed by atoms with Crippen molar-refractivity contribution < 1.29 is 19.1 Å². The number of amides is 2. The number of carbonyl (C=O) groups is 3. The van der Waals surface area contributed by atoms with Crippen molar-refractivity contribution in [3.05, 3.63) is 39.8 Å². The molecule has 1 aromatic rings. The number of ether oxygens (including phenoxy) is 1. The first-order chi connectivity index (χ1) is 10.4. The molecule has 0 aliphatic carbocycles. The topological polar surface area (TPSA) is 63.7 Å². The standard InChI is InChI=1S/C15H14ClNO4S/c1-3-21-14(19)9(2)17-13(18)12(22-15(17)20)8-10-4-6-11(16)7-5-10/h4-9H,3H2,1-2H3/b12-8-/t9-/m1/s1. The van der Waals surface area contributed by atoms with Crippen LogP contribution in [0.1, 0.15) is 19.4 Å². The SMILES string of the molecule is CCOC(=O)[C@@H](C)N1C(=O)S/C(=C\c2ccc(Cl)cc2)C1=O. The molecule has 0 saturated carbocycles. The summed E-state index contributed by atoms with van der Waals surface area (Å²) in [7, 11) is 0. The second-order valence-electron chi connectivity index (χ2n) is 4.53. The molecular weight excluding hydrogens is 326 g/mol. The van der Waals surface area contributed by atoms with Crippen LogP contribution in [0.15, 0.2) is 29.2 Å². The van der Waals surface area contributed by atoms with E-state index in [0.717, 1.165) is 22.2 Å². The minimum absolute atomic E-state index is 0.194. The van der Waals surface area contributed by atoms with E-state index < -0.39 is 23.2 Å². The van der Waals surface area contributed by atoms with Crippen molar-refractivity contribution in [1.29, 1.82) is 0 Å². The highest BCUT2D eigenvalue weighted by Crippen LogP contribution is 2.33. The highest BCUT2D eigenvalue weighted by atomic mass is 35.5. The predicted octanol–water partition coefficient (Wildman–Crippen LogP) is 3.33. The summed E-state index contributed by atoms with van der Waals surface area (Å²) in [5, 5.41) is 0.104. The third-order valence-electron chi connectivity index (χ3n) is 3.01. The largest absolute Gasteiger partial charge is 0.464 e. The first-order valence-corrected chi connectivity index (χ1v) is 7.82. The average molecular weight is 340 g/mol. The van der Waals surface area contributed by atoms with Crippen LogP contribution in [-0.2, 0) is 14.3 Å². The van der Waals surface area contributed by atoms with Gasteiger partial charge in [0.25, 0.3) is 11.1 Å². The zero-order chi connectivity index (χ0) is 16.3. The molecule has 22 heavy (non-hydrogen) atoms. The van der Waals surface area contributed by atoms with Gasteiger partial charge in [0.1, 0.15) is 6.04 Å². The Kier molecular flexibility index (Phi) is 5.26. The number of halogens is 1. The summed E-state index contributed by atoms with van der Waals surface area (Å²) in [6, 6.07) is 5.93. The van der Waals surface area contributed by atoms with Crippen molar-refractivity contribution in [2.24, 2.45) is 0 Å². The Morgan fingerprint density at radius 1 is 1.36 bits per heavy atom. The number of rotatable bonds is 4. The van der Waals surface area contributed by atoms with E-state index >= 15 is 0 Å². The molecule has 1 saturated heterocycles. The molecule has 0 aromatic heterocycles. The van der Waals surface area contributed by atoms with E-state index in [-0.39, 0.29) is 11.5 Å². The third kappa shape index (κ3) is 3.51. The van der Waals surface area contributed by atoms with Crippen molar-refractivity contribution >= 4 is 46.6 Å². The Balaban J connectivity index is 2.21. The predicted molar refractivity (Wildman–Crippen MR) is 85.4 cm³/mol. The van der Waals surface area contributed by atoms with Crippen LogP contribution in [0.4, 0.5) is 4.79 Å². The summed E-state index contributed by atoms with van der Waals surface area (Å²) in [6.07, 6.45) is 1.60. The smallest absolute Gasteiger partial charge is 0.329 e. The van der Waals surface area contributed by atoms with Gasteiger partial charge in [-0.2, -0.15) is 0 Å². The first kappa shape index (κ1) is 16.6. The molecule has 116 valence electrons. The Morgan fingerprint density at radius 2 is 2.00 bits per heavy atom. The molecule has 7 heteroatoms. The van der Waals surface area contributed by atoms with Crippen LogP contribution in [0, 0.1) is 0 Å². The molecule has 0 bridgehead atoms. The average Bonchev–Trinajstić information content (AvgIpc) is 2.75. The van der Waals surface area contributed by atoms with Crippen LogP contribution >= 0.6 is 23.4 Å². The van der Waals surface area contributed by atoms with Crippen LogP contribution in [-0.4, -0.2) is 34.7 Å². The van der Waals surface area contributed by atoms with Gasteiger partial charge >= 0.3 is 5.97 Å². The maximum absolute atomic E-state index is 12.3. The van der Waals surface area contributed by atoms with Crippen LogP contribution < -0.4 is 0 Å². The number of imide groups is 1. The fourth-order valence-corrected chi connectivity index (χ4v) is 2.93. The zero-order valence-corrected chi connectivity index (χ0v) is 13.6. The van der Waals surface area contributed by atoms with Crippen molar-refractivity contribution in [1.82, 2.24) is 4.90 Å². The number of benzene rings is 1. The van der Waals surface area contributed by atoms with Gasteiger partial charge in [0, 0.05) is 5.02 Å². The highest BCUT2D eigenvalue weighted by molar-refractivity contribution is 8.18. The number of nitrogens with zero attached hydrogens (tertiary/aromatic N) is 1. The lowest BCUT2D eigenvalue weighted by Gasteiger charge is -2.19. The number of esters is 1. The lowest BCUT2D eigenvalue weighted by atomic mass is 10.2.